The highest BCUT2D eigenvalue weighted by Crippen LogP contribution is 2.32. The molecule has 0 aliphatic carbocycles. The topological polar surface area (TPSA) is 100 Å². The standard InChI is InChI=1S/C18H15F3N4O3/c19-18(20,21)11-5-7-12(8-6-11)23-14-4-2-1-3-13(14)16-25-24-15(28-16)9-10-22-17(26)27/h1-8,22-23H,9-10H2,(H,26,27). The highest BCUT2D eigenvalue weighted by molar-refractivity contribution is 5.76. The number of alkyl halides is 3. The number of amides is 1. The Hall–Kier alpha value is -3.56. The number of aromatic nitrogens is 2. The molecular formula is C18H15F3N4O3. The van der Waals surface area contributed by atoms with Crippen LogP contribution < -0.4 is 10.6 Å². The molecule has 0 fully saturated rings. The van der Waals surface area contributed by atoms with Gasteiger partial charge in [0, 0.05) is 18.7 Å². The van der Waals surface area contributed by atoms with Crippen molar-refractivity contribution in [2.75, 3.05) is 11.9 Å². The van der Waals surface area contributed by atoms with Crippen molar-refractivity contribution in [1.29, 1.82) is 0 Å². The molecule has 0 saturated carbocycles. The van der Waals surface area contributed by atoms with Crippen molar-refractivity contribution >= 4 is 17.5 Å². The molecule has 146 valence electrons. The van der Waals surface area contributed by atoms with E-state index in [1.54, 1.807) is 24.3 Å². The lowest BCUT2D eigenvalue weighted by Crippen LogP contribution is -2.23. The first-order valence-electron chi connectivity index (χ1n) is 8.16. The first-order chi connectivity index (χ1) is 13.3. The summed E-state index contributed by atoms with van der Waals surface area (Å²) in [6.07, 6.45) is -5.31. The minimum atomic E-state index is -4.40. The Balaban J connectivity index is 1.76. The smallest absolute Gasteiger partial charge is 0.416 e. The SMILES string of the molecule is O=C(O)NCCc1nnc(-c2ccccc2Nc2ccc(C(F)(F)F)cc2)o1. The summed E-state index contributed by atoms with van der Waals surface area (Å²) in [5.41, 5.74) is 0.863. The minimum absolute atomic E-state index is 0.127. The van der Waals surface area contributed by atoms with Crippen LogP contribution in [0.2, 0.25) is 0 Å². The maximum atomic E-state index is 12.7. The van der Waals surface area contributed by atoms with E-state index in [1.165, 1.54) is 12.1 Å². The molecule has 1 amide bonds. The molecule has 1 heterocycles. The number of para-hydroxylation sites is 1. The van der Waals surface area contributed by atoms with Gasteiger partial charge in [-0.3, -0.25) is 0 Å². The van der Waals surface area contributed by atoms with Gasteiger partial charge in [-0.25, -0.2) is 4.79 Å². The fourth-order valence-corrected chi connectivity index (χ4v) is 2.42. The number of anilines is 2. The molecule has 0 atom stereocenters. The van der Waals surface area contributed by atoms with E-state index in [-0.39, 0.29) is 24.7 Å². The number of benzene rings is 2. The van der Waals surface area contributed by atoms with Crippen molar-refractivity contribution in [3.63, 3.8) is 0 Å². The van der Waals surface area contributed by atoms with Gasteiger partial charge in [-0.1, -0.05) is 12.1 Å². The average molecular weight is 392 g/mol. The Morgan fingerprint density at radius 1 is 1.07 bits per heavy atom. The molecule has 0 radical (unpaired) electrons. The lowest BCUT2D eigenvalue weighted by atomic mass is 10.1. The maximum Gasteiger partial charge on any atom is 0.416 e. The zero-order valence-electron chi connectivity index (χ0n) is 14.3. The fourth-order valence-electron chi connectivity index (χ4n) is 2.42. The maximum absolute atomic E-state index is 12.7. The van der Waals surface area contributed by atoms with Gasteiger partial charge in [0.25, 0.3) is 0 Å². The number of nitrogens with one attached hydrogen (secondary N) is 2. The highest BCUT2D eigenvalue weighted by Gasteiger charge is 2.29. The number of hydrogen-bond donors (Lipinski definition) is 3. The summed E-state index contributed by atoms with van der Waals surface area (Å²) in [4.78, 5) is 10.5. The third-order valence-electron chi connectivity index (χ3n) is 3.73. The van der Waals surface area contributed by atoms with Crippen LogP contribution in [-0.4, -0.2) is 27.9 Å². The van der Waals surface area contributed by atoms with Crippen LogP contribution in [-0.2, 0) is 12.6 Å². The first-order valence-corrected chi connectivity index (χ1v) is 8.16. The molecule has 7 nitrogen and oxygen atoms in total. The summed E-state index contributed by atoms with van der Waals surface area (Å²) in [6.45, 7) is 0.127. The van der Waals surface area contributed by atoms with E-state index in [1.807, 2.05) is 0 Å². The second kappa shape index (κ2) is 7.99. The number of carbonyl (C=O) groups is 1. The molecule has 28 heavy (non-hydrogen) atoms. The number of halogens is 3. The predicted molar refractivity (Wildman–Crippen MR) is 94.2 cm³/mol. The van der Waals surface area contributed by atoms with Crippen LogP contribution >= 0.6 is 0 Å². The Kier molecular flexibility index (Phi) is 5.48. The molecule has 2 aromatic carbocycles. The van der Waals surface area contributed by atoms with Crippen LogP contribution in [0.1, 0.15) is 11.5 Å². The van der Waals surface area contributed by atoms with E-state index in [0.717, 1.165) is 12.1 Å². The average Bonchev–Trinajstić information content (AvgIpc) is 3.10. The fraction of sp³-hybridized carbons (Fsp3) is 0.167. The summed E-state index contributed by atoms with van der Waals surface area (Å²) in [6, 6.07) is 11.6. The van der Waals surface area contributed by atoms with Crippen molar-refractivity contribution < 1.29 is 27.5 Å². The van der Waals surface area contributed by atoms with Gasteiger partial charge in [-0.05, 0) is 36.4 Å². The van der Waals surface area contributed by atoms with Crippen LogP contribution in [0.25, 0.3) is 11.5 Å². The van der Waals surface area contributed by atoms with E-state index >= 15 is 0 Å². The largest absolute Gasteiger partial charge is 0.465 e. The van der Waals surface area contributed by atoms with Crippen LogP contribution in [0, 0.1) is 0 Å². The quantitative estimate of drug-likeness (QED) is 0.578. The third-order valence-corrected chi connectivity index (χ3v) is 3.73. The second-order valence-corrected chi connectivity index (χ2v) is 5.73. The molecule has 0 unspecified atom stereocenters. The summed E-state index contributed by atoms with van der Waals surface area (Å²) in [5.74, 6) is 0.466. The summed E-state index contributed by atoms with van der Waals surface area (Å²) in [5, 5.41) is 21.6. The van der Waals surface area contributed by atoms with Gasteiger partial charge in [0.15, 0.2) is 0 Å². The van der Waals surface area contributed by atoms with Gasteiger partial charge in [0.2, 0.25) is 11.8 Å². The molecule has 0 bridgehead atoms. The van der Waals surface area contributed by atoms with Crippen molar-refractivity contribution in [1.82, 2.24) is 15.5 Å². The molecule has 10 heteroatoms. The first kappa shape index (κ1) is 19.2. The van der Waals surface area contributed by atoms with E-state index in [9.17, 15) is 18.0 Å². The summed E-state index contributed by atoms with van der Waals surface area (Å²) in [7, 11) is 0. The molecule has 0 spiro atoms. The molecule has 0 saturated heterocycles. The van der Waals surface area contributed by atoms with Crippen LogP contribution in [0.15, 0.2) is 52.9 Å². The third kappa shape index (κ3) is 4.78. The number of carboxylic acid groups (broad SMARTS) is 1. The van der Waals surface area contributed by atoms with Gasteiger partial charge >= 0.3 is 12.3 Å². The lowest BCUT2D eigenvalue weighted by molar-refractivity contribution is -0.137. The van der Waals surface area contributed by atoms with E-state index in [0.29, 0.717) is 16.9 Å². The van der Waals surface area contributed by atoms with E-state index < -0.39 is 17.8 Å². The number of hydrogen-bond acceptors (Lipinski definition) is 5. The van der Waals surface area contributed by atoms with Crippen molar-refractivity contribution in [3.8, 4) is 11.5 Å². The molecule has 3 rings (SSSR count). The molecule has 3 N–H and O–H groups in total. The van der Waals surface area contributed by atoms with Crippen molar-refractivity contribution in [2.24, 2.45) is 0 Å². The molecule has 3 aromatic rings. The number of nitrogens with zero attached hydrogens (tertiary/aromatic N) is 2. The van der Waals surface area contributed by atoms with Crippen LogP contribution in [0.3, 0.4) is 0 Å². The van der Waals surface area contributed by atoms with Gasteiger partial charge < -0.3 is 20.2 Å². The predicted octanol–water partition coefficient (Wildman–Crippen LogP) is 4.31. The molecule has 0 aliphatic heterocycles. The van der Waals surface area contributed by atoms with Crippen molar-refractivity contribution in [2.45, 2.75) is 12.6 Å². The van der Waals surface area contributed by atoms with Gasteiger partial charge in [-0.2, -0.15) is 13.2 Å². The molecular weight excluding hydrogens is 377 g/mol. The zero-order chi connectivity index (χ0) is 20.1. The molecule has 1 aromatic heterocycles. The van der Waals surface area contributed by atoms with E-state index in [2.05, 4.69) is 20.8 Å². The van der Waals surface area contributed by atoms with Gasteiger partial charge in [-0.15, -0.1) is 10.2 Å². The van der Waals surface area contributed by atoms with Gasteiger partial charge in [0.05, 0.1) is 16.8 Å². The number of rotatable bonds is 6. The Bertz CT molecular complexity index is 955. The molecule has 0 aliphatic rings. The summed E-state index contributed by atoms with van der Waals surface area (Å²) >= 11 is 0. The van der Waals surface area contributed by atoms with Crippen LogP contribution in [0.4, 0.5) is 29.3 Å². The normalized spacial score (nSPS) is 11.2. The lowest BCUT2D eigenvalue weighted by Gasteiger charge is -2.11. The van der Waals surface area contributed by atoms with Gasteiger partial charge in [0.1, 0.15) is 0 Å². The Labute approximate surface area is 157 Å². The minimum Gasteiger partial charge on any atom is -0.465 e. The summed E-state index contributed by atoms with van der Waals surface area (Å²) < 4.78 is 43.6. The van der Waals surface area contributed by atoms with E-state index in [4.69, 9.17) is 9.52 Å². The Morgan fingerprint density at radius 3 is 2.46 bits per heavy atom. The Morgan fingerprint density at radius 2 is 1.79 bits per heavy atom. The second-order valence-electron chi connectivity index (χ2n) is 5.73. The van der Waals surface area contributed by atoms with Crippen molar-refractivity contribution in [3.05, 3.63) is 60.0 Å². The highest BCUT2D eigenvalue weighted by atomic mass is 19.4. The monoisotopic (exact) mass is 392 g/mol. The van der Waals surface area contributed by atoms with Crippen LogP contribution in [0.5, 0.6) is 0 Å². The zero-order valence-corrected chi connectivity index (χ0v) is 14.3.